The van der Waals surface area contributed by atoms with Crippen molar-refractivity contribution >= 4 is 22.0 Å². The van der Waals surface area contributed by atoms with Crippen LogP contribution in [0.1, 0.15) is 5.56 Å². The first-order chi connectivity index (χ1) is 9.95. The van der Waals surface area contributed by atoms with E-state index in [1.165, 1.54) is 12.1 Å². The Balaban J connectivity index is 1.97. The molecule has 5 nitrogen and oxygen atoms in total. The lowest BCUT2D eigenvalue weighted by molar-refractivity contribution is 0.155. The molecule has 0 atom stereocenters. The van der Waals surface area contributed by atoms with Gasteiger partial charge in [0.2, 0.25) is 0 Å². The summed E-state index contributed by atoms with van der Waals surface area (Å²) in [5.41, 5.74) is 0.944. The average Bonchev–Trinajstić information content (AvgIpc) is 2.46. The third kappa shape index (κ3) is 4.57. The quantitative estimate of drug-likeness (QED) is 0.881. The molecule has 2 aromatic rings. The summed E-state index contributed by atoms with van der Waals surface area (Å²) < 4.78 is 39.3. The summed E-state index contributed by atoms with van der Waals surface area (Å²) in [5, 5.41) is 2.33. The fraction of sp³-hybridized carbons (Fsp3) is 0.0714. The van der Waals surface area contributed by atoms with Crippen LogP contribution in [0.25, 0.3) is 0 Å². The lowest BCUT2D eigenvalue weighted by Crippen LogP contribution is -2.13. The maximum Gasteiger partial charge on any atom is 0.411 e. The van der Waals surface area contributed by atoms with Crippen LogP contribution in [-0.2, 0) is 21.6 Å². The number of hydrogen-bond acceptors (Lipinski definition) is 4. The van der Waals surface area contributed by atoms with E-state index in [-0.39, 0.29) is 12.3 Å². The lowest BCUT2D eigenvalue weighted by atomic mass is 10.2. The fourth-order valence-electron chi connectivity index (χ4n) is 1.60. The van der Waals surface area contributed by atoms with Crippen LogP contribution in [0.15, 0.2) is 59.5 Å². The Bertz CT molecular complexity index is 732. The molecular formula is C14H12FNO4S. The summed E-state index contributed by atoms with van der Waals surface area (Å²) >= 11 is 0. The molecule has 21 heavy (non-hydrogen) atoms. The van der Waals surface area contributed by atoms with Gasteiger partial charge in [-0.2, -0.15) is 8.42 Å². The molecule has 0 bridgehead atoms. The molecule has 2 aromatic carbocycles. The number of nitrogens with one attached hydrogen (secondary N) is 1. The molecule has 0 radical (unpaired) electrons. The van der Waals surface area contributed by atoms with E-state index >= 15 is 0 Å². The van der Waals surface area contributed by atoms with Crippen LogP contribution in [0.2, 0.25) is 0 Å². The third-order valence-electron chi connectivity index (χ3n) is 2.57. The van der Waals surface area contributed by atoms with Crippen LogP contribution in [0, 0.1) is 0 Å². The molecule has 0 saturated carbocycles. The summed E-state index contributed by atoms with van der Waals surface area (Å²) in [5.74, 6) is 0. The van der Waals surface area contributed by atoms with Crippen molar-refractivity contribution < 1.29 is 21.8 Å². The highest BCUT2D eigenvalue weighted by molar-refractivity contribution is 7.86. The Morgan fingerprint density at radius 3 is 2.48 bits per heavy atom. The predicted molar refractivity (Wildman–Crippen MR) is 75.0 cm³/mol. The minimum Gasteiger partial charge on any atom is -0.444 e. The van der Waals surface area contributed by atoms with E-state index in [9.17, 15) is 17.1 Å². The Kier molecular flexibility index (Phi) is 4.54. The number of carbonyl (C=O) groups is 1. The van der Waals surface area contributed by atoms with Crippen LogP contribution in [0.4, 0.5) is 14.4 Å². The molecule has 0 saturated heterocycles. The van der Waals surface area contributed by atoms with Gasteiger partial charge in [-0.05, 0) is 23.8 Å². The van der Waals surface area contributed by atoms with Gasteiger partial charge in [-0.15, -0.1) is 3.89 Å². The predicted octanol–water partition coefficient (Wildman–Crippen LogP) is 3.09. The first-order valence-corrected chi connectivity index (χ1v) is 7.36. The van der Waals surface area contributed by atoms with Crippen molar-refractivity contribution in [1.82, 2.24) is 0 Å². The van der Waals surface area contributed by atoms with Crippen molar-refractivity contribution in [1.29, 1.82) is 0 Å². The molecule has 0 fully saturated rings. The first kappa shape index (κ1) is 15.0. The van der Waals surface area contributed by atoms with E-state index in [0.29, 0.717) is 0 Å². The van der Waals surface area contributed by atoms with Gasteiger partial charge in [0.05, 0.1) is 0 Å². The van der Waals surface area contributed by atoms with E-state index in [0.717, 1.165) is 17.7 Å². The summed E-state index contributed by atoms with van der Waals surface area (Å²) in [6, 6.07) is 13.9. The average molecular weight is 309 g/mol. The van der Waals surface area contributed by atoms with Crippen LogP contribution < -0.4 is 5.32 Å². The summed E-state index contributed by atoms with van der Waals surface area (Å²) in [6.07, 6.45) is -0.757. The van der Waals surface area contributed by atoms with E-state index < -0.39 is 21.2 Å². The molecular weight excluding hydrogens is 297 g/mol. The zero-order chi connectivity index (χ0) is 15.3. The van der Waals surface area contributed by atoms with Gasteiger partial charge in [0.15, 0.2) is 0 Å². The number of halogens is 1. The third-order valence-corrected chi connectivity index (χ3v) is 3.39. The van der Waals surface area contributed by atoms with Gasteiger partial charge in [-0.25, -0.2) is 4.79 Å². The second-order valence-electron chi connectivity index (χ2n) is 4.15. The summed E-state index contributed by atoms with van der Waals surface area (Å²) in [4.78, 5) is 11.0. The maximum absolute atomic E-state index is 12.8. The van der Waals surface area contributed by atoms with Crippen molar-refractivity contribution in [2.24, 2.45) is 0 Å². The van der Waals surface area contributed by atoms with Crippen LogP contribution >= 0.6 is 0 Å². The molecule has 0 spiro atoms. The Morgan fingerprint density at radius 2 is 1.81 bits per heavy atom. The molecule has 7 heteroatoms. The fourth-order valence-corrected chi connectivity index (χ4v) is 2.11. The second kappa shape index (κ2) is 6.36. The molecule has 110 valence electrons. The Morgan fingerprint density at radius 1 is 1.10 bits per heavy atom. The summed E-state index contributed by atoms with van der Waals surface area (Å²) in [7, 11) is -4.81. The topological polar surface area (TPSA) is 72.5 Å². The lowest BCUT2D eigenvalue weighted by Gasteiger charge is -2.07. The van der Waals surface area contributed by atoms with Crippen LogP contribution in [-0.4, -0.2) is 14.5 Å². The molecule has 0 unspecified atom stereocenters. The van der Waals surface area contributed by atoms with Gasteiger partial charge in [-0.1, -0.05) is 36.4 Å². The van der Waals surface area contributed by atoms with Gasteiger partial charge in [-0.3, -0.25) is 5.32 Å². The zero-order valence-corrected chi connectivity index (χ0v) is 11.6. The van der Waals surface area contributed by atoms with Crippen molar-refractivity contribution in [2.45, 2.75) is 11.5 Å². The van der Waals surface area contributed by atoms with Crippen molar-refractivity contribution in [3.8, 4) is 0 Å². The van der Waals surface area contributed by atoms with Gasteiger partial charge in [0, 0.05) is 5.69 Å². The molecule has 0 aliphatic heterocycles. The molecule has 1 N–H and O–H groups in total. The Hall–Kier alpha value is -2.41. The molecule has 0 aliphatic rings. The minimum absolute atomic E-state index is 0.0772. The van der Waals surface area contributed by atoms with E-state index in [1.54, 1.807) is 12.1 Å². The maximum atomic E-state index is 12.8. The van der Waals surface area contributed by atoms with E-state index in [2.05, 4.69) is 5.32 Å². The number of benzene rings is 2. The molecule has 0 aliphatic carbocycles. The number of anilines is 1. The number of carbonyl (C=O) groups excluding carboxylic acids is 1. The molecule has 2 rings (SSSR count). The second-order valence-corrected chi connectivity index (χ2v) is 5.50. The van der Waals surface area contributed by atoms with Crippen molar-refractivity contribution in [2.75, 3.05) is 5.32 Å². The standard InChI is InChI=1S/C14H12FNO4S/c15-21(18,19)13-8-4-7-12(9-13)16-14(17)20-10-11-5-2-1-3-6-11/h1-9H,10H2,(H,16,17). The highest BCUT2D eigenvalue weighted by Gasteiger charge is 2.13. The highest BCUT2D eigenvalue weighted by Crippen LogP contribution is 2.17. The van der Waals surface area contributed by atoms with Crippen molar-refractivity contribution in [3.63, 3.8) is 0 Å². The minimum atomic E-state index is -4.81. The summed E-state index contributed by atoms with van der Waals surface area (Å²) in [6.45, 7) is 0.0772. The first-order valence-electron chi connectivity index (χ1n) is 5.97. The molecule has 0 aromatic heterocycles. The number of hydrogen-bond donors (Lipinski definition) is 1. The van der Waals surface area contributed by atoms with Crippen molar-refractivity contribution in [3.05, 3.63) is 60.2 Å². The number of ether oxygens (including phenoxy) is 1. The van der Waals surface area contributed by atoms with Crippen LogP contribution in [0.3, 0.4) is 0 Å². The van der Waals surface area contributed by atoms with E-state index in [4.69, 9.17) is 4.74 Å². The monoisotopic (exact) mass is 309 g/mol. The smallest absolute Gasteiger partial charge is 0.411 e. The molecule has 0 heterocycles. The Labute approximate surface area is 121 Å². The largest absolute Gasteiger partial charge is 0.444 e. The highest BCUT2D eigenvalue weighted by atomic mass is 32.3. The van der Waals surface area contributed by atoms with E-state index in [1.807, 2.05) is 18.2 Å². The number of rotatable bonds is 4. The van der Waals surface area contributed by atoms with Gasteiger partial charge in [0.25, 0.3) is 0 Å². The van der Waals surface area contributed by atoms with Gasteiger partial charge < -0.3 is 4.74 Å². The normalized spacial score (nSPS) is 10.9. The van der Waals surface area contributed by atoms with Gasteiger partial charge >= 0.3 is 16.3 Å². The van der Waals surface area contributed by atoms with Gasteiger partial charge in [0.1, 0.15) is 11.5 Å². The zero-order valence-electron chi connectivity index (χ0n) is 10.8. The number of amides is 1. The SMILES string of the molecule is O=C(Nc1cccc(S(=O)(=O)F)c1)OCc1ccccc1. The molecule has 1 amide bonds. The van der Waals surface area contributed by atoms with Crippen LogP contribution in [0.5, 0.6) is 0 Å².